The molecule has 0 amide bonds. The van der Waals surface area contributed by atoms with Gasteiger partial charge in [-0.1, -0.05) is 19.9 Å². The van der Waals surface area contributed by atoms with E-state index in [1.807, 2.05) is 20.0 Å². The molecule has 114 valence electrons. The Bertz CT molecular complexity index is 425. The lowest BCUT2D eigenvalue weighted by molar-refractivity contribution is 0.0917. The molecular formula is C17H29FN2. The number of likely N-dealkylation sites (N-methyl/N-ethyl adjacent to an activating group) is 2. The van der Waals surface area contributed by atoms with Gasteiger partial charge in [0.15, 0.2) is 0 Å². The van der Waals surface area contributed by atoms with E-state index < -0.39 is 0 Å². The smallest absolute Gasteiger partial charge is 0.123 e. The van der Waals surface area contributed by atoms with Crippen LogP contribution in [-0.4, -0.2) is 37.6 Å². The molecule has 0 saturated carbocycles. The highest BCUT2D eigenvalue weighted by Gasteiger charge is 2.36. The van der Waals surface area contributed by atoms with Gasteiger partial charge in [-0.15, -0.1) is 0 Å². The molecule has 0 saturated heterocycles. The molecule has 0 heterocycles. The quantitative estimate of drug-likeness (QED) is 0.823. The normalized spacial score (nSPS) is 13.8. The first-order valence-corrected chi connectivity index (χ1v) is 7.51. The number of hydrogen-bond donors (Lipinski definition) is 1. The van der Waals surface area contributed by atoms with Crippen molar-refractivity contribution in [1.29, 1.82) is 0 Å². The van der Waals surface area contributed by atoms with Crippen LogP contribution in [0.2, 0.25) is 0 Å². The van der Waals surface area contributed by atoms with Crippen LogP contribution in [-0.2, 0) is 6.42 Å². The fourth-order valence-corrected chi connectivity index (χ4v) is 3.36. The summed E-state index contributed by atoms with van der Waals surface area (Å²) in [6.45, 7) is 6.47. The molecular weight excluding hydrogens is 251 g/mol. The fraction of sp³-hybridized carbons (Fsp3) is 0.647. The van der Waals surface area contributed by atoms with E-state index >= 15 is 0 Å². The van der Waals surface area contributed by atoms with Gasteiger partial charge >= 0.3 is 0 Å². The van der Waals surface area contributed by atoms with Crippen LogP contribution in [0.3, 0.4) is 0 Å². The van der Waals surface area contributed by atoms with Crippen LogP contribution in [0.4, 0.5) is 4.39 Å². The number of hydrogen-bond acceptors (Lipinski definition) is 2. The summed E-state index contributed by atoms with van der Waals surface area (Å²) in [4.78, 5) is 2.33. The summed E-state index contributed by atoms with van der Waals surface area (Å²) in [5, 5.41) is 3.48. The molecule has 0 spiro atoms. The molecule has 0 aromatic heterocycles. The molecule has 1 aromatic carbocycles. The summed E-state index contributed by atoms with van der Waals surface area (Å²) in [5.41, 5.74) is 2.37. The summed E-state index contributed by atoms with van der Waals surface area (Å²) in [6, 6.07) is 5.44. The molecule has 0 aliphatic carbocycles. The first-order valence-electron chi connectivity index (χ1n) is 7.51. The first-order chi connectivity index (χ1) is 9.41. The molecule has 0 bridgehead atoms. The van der Waals surface area contributed by atoms with Crippen LogP contribution in [0.15, 0.2) is 18.2 Å². The summed E-state index contributed by atoms with van der Waals surface area (Å²) < 4.78 is 13.2. The van der Waals surface area contributed by atoms with Gasteiger partial charge in [0.2, 0.25) is 0 Å². The minimum absolute atomic E-state index is 0.121. The molecule has 1 rings (SSSR count). The molecule has 0 fully saturated rings. The van der Waals surface area contributed by atoms with Gasteiger partial charge in [0.25, 0.3) is 0 Å². The standard InChI is InChI=1S/C17H29FN2/c1-7-17(8-2,20(5)6)16(19-4)12-14-9-10-15(18)11-13(14)3/h9-11,16,19H,7-8,12H2,1-6H3. The van der Waals surface area contributed by atoms with Gasteiger partial charge in [0.05, 0.1) is 0 Å². The summed E-state index contributed by atoms with van der Waals surface area (Å²) in [7, 11) is 6.32. The summed E-state index contributed by atoms with van der Waals surface area (Å²) in [5.74, 6) is -0.155. The maximum atomic E-state index is 13.2. The average molecular weight is 280 g/mol. The second-order valence-electron chi connectivity index (χ2n) is 5.82. The molecule has 2 nitrogen and oxygen atoms in total. The van der Waals surface area contributed by atoms with Crippen LogP contribution >= 0.6 is 0 Å². The molecule has 3 heteroatoms. The van der Waals surface area contributed by atoms with Crippen LogP contribution in [0, 0.1) is 12.7 Å². The monoisotopic (exact) mass is 280 g/mol. The molecule has 1 unspecified atom stereocenters. The molecule has 1 aromatic rings. The summed E-state index contributed by atoms with van der Waals surface area (Å²) in [6.07, 6.45) is 3.09. The van der Waals surface area contributed by atoms with Gasteiger partial charge in [-0.2, -0.15) is 0 Å². The maximum Gasteiger partial charge on any atom is 0.123 e. The van der Waals surface area contributed by atoms with E-state index in [9.17, 15) is 4.39 Å². The third-order valence-electron chi connectivity index (χ3n) is 4.84. The SMILES string of the molecule is CCC(CC)(C(Cc1ccc(F)cc1C)NC)N(C)C. The van der Waals surface area contributed by atoms with E-state index in [0.29, 0.717) is 6.04 Å². The van der Waals surface area contributed by atoms with Crippen LogP contribution in [0.5, 0.6) is 0 Å². The third-order valence-corrected chi connectivity index (χ3v) is 4.84. The number of nitrogens with zero attached hydrogens (tertiary/aromatic N) is 1. The Kier molecular flexibility index (Phi) is 6.15. The van der Waals surface area contributed by atoms with E-state index in [4.69, 9.17) is 0 Å². The number of nitrogens with one attached hydrogen (secondary N) is 1. The van der Waals surface area contributed by atoms with Gasteiger partial charge in [-0.05, 0) is 70.6 Å². The Morgan fingerprint density at radius 3 is 2.25 bits per heavy atom. The van der Waals surface area contributed by atoms with Gasteiger partial charge in [0.1, 0.15) is 5.82 Å². The van der Waals surface area contributed by atoms with E-state index in [1.54, 1.807) is 12.1 Å². The van der Waals surface area contributed by atoms with E-state index in [2.05, 4.69) is 38.2 Å². The predicted molar refractivity (Wildman–Crippen MR) is 84.7 cm³/mol. The maximum absolute atomic E-state index is 13.2. The largest absolute Gasteiger partial charge is 0.315 e. The predicted octanol–water partition coefficient (Wildman–Crippen LogP) is 3.39. The minimum Gasteiger partial charge on any atom is -0.315 e. The second-order valence-corrected chi connectivity index (χ2v) is 5.82. The molecule has 0 radical (unpaired) electrons. The molecule has 1 N–H and O–H groups in total. The van der Waals surface area contributed by atoms with Gasteiger partial charge in [-0.25, -0.2) is 4.39 Å². The molecule has 1 atom stereocenters. The molecule has 20 heavy (non-hydrogen) atoms. The van der Waals surface area contributed by atoms with Crippen LogP contribution in [0.25, 0.3) is 0 Å². The number of rotatable bonds is 7. The van der Waals surface area contributed by atoms with Crippen molar-refractivity contribution in [3.63, 3.8) is 0 Å². The lowest BCUT2D eigenvalue weighted by Gasteiger charge is -2.45. The fourth-order valence-electron chi connectivity index (χ4n) is 3.36. The zero-order valence-corrected chi connectivity index (χ0v) is 13.8. The van der Waals surface area contributed by atoms with Crippen molar-refractivity contribution in [2.24, 2.45) is 0 Å². The number of aryl methyl sites for hydroxylation is 1. The van der Waals surface area contributed by atoms with E-state index in [-0.39, 0.29) is 11.4 Å². The zero-order chi connectivity index (χ0) is 15.3. The second kappa shape index (κ2) is 7.19. The van der Waals surface area contributed by atoms with Crippen molar-refractivity contribution in [2.45, 2.75) is 51.6 Å². The van der Waals surface area contributed by atoms with Crippen molar-refractivity contribution in [2.75, 3.05) is 21.1 Å². The highest BCUT2D eigenvalue weighted by molar-refractivity contribution is 5.28. The lowest BCUT2D eigenvalue weighted by Crippen LogP contribution is -2.58. The van der Waals surface area contributed by atoms with E-state index in [0.717, 1.165) is 24.8 Å². The van der Waals surface area contributed by atoms with Crippen molar-refractivity contribution in [1.82, 2.24) is 10.2 Å². The lowest BCUT2D eigenvalue weighted by atomic mass is 9.79. The molecule has 0 aliphatic heterocycles. The van der Waals surface area contributed by atoms with Crippen molar-refractivity contribution < 1.29 is 4.39 Å². The Hall–Kier alpha value is -0.930. The number of benzene rings is 1. The van der Waals surface area contributed by atoms with Crippen LogP contribution in [0.1, 0.15) is 37.8 Å². The topological polar surface area (TPSA) is 15.3 Å². The Balaban J connectivity index is 3.06. The minimum atomic E-state index is -0.155. The van der Waals surface area contributed by atoms with Gasteiger partial charge in [-0.3, -0.25) is 0 Å². The highest BCUT2D eigenvalue weighted by Crippen LogP contribution is 2.28. The van der Waals surface area contributed by atoms with Crippen molar-refractivity contribution in [3.8, 4) is 0 Å². The third kappa shape index (κ3) is 3.39. The van der Waals surface area contributed by atoms with Crippen molar-refractivity contribution in [3.05, 3.63) is 35.1 Å². The zero-order valence-electron chi connectivity index (χ0n) is 13.8. The van der Waals surface area contributed by atoms with E-state index in [1.165, 1.54) is 5.56 Å². The van der Waals surface area contributed by atoms with Crippen LogP contribution < -0.4 is 5.32 Å². The first kappa shape index (κ1) is 17.1. The average Bonchev–Trinajstić information content (AvgIpc) is 2.41. The summed E-state index contributed by atoms with van der Waals surface area (Å²) >= 11 is 0. The van der Waals surface area contributed by atoms with Gasteiger partial charge < -0.3 is 10.2 Å². The Morgan fingerprint density at radius 1 is 1.25 bits per heavy atom. The van der Waals surface area contributed by atoms with Gasteiger partial charge in [0, 0.05) is 11.6 Å². The Morgan fingerprint density at radius 2 is 1.85 bits per heavy atom. The highest BCUT2D eigenvalue weighted by atomic mass is 19.1. The van der Waals surface area contributed by atoms with Crippen molar-refractivity contribution >= 4 is 0 Å². The Labute approximate surface area is 123 Å². The molecule has 0 aliphatic rings. The number of halogens is 1.